The van der Waals surface area contributed by atoms with E-state index in [0.717, 1.165) is 5.56 Å². The van der Waals surface area contributed by atoms with Crippen molar-refractivity contribution in [1.82, 2.24) is 0 Å². The van der Waals surface area contributed by atoms with E-state index in [0.29, 0.717) is 15.4 Å². The maximum atomic E-state index is 13.3. The molecule has 2 aromatic rings. The van der Waals surface area contributed by atoms with Gasteiger partial charge in [-0.3, -0.25) is 0 Å². The second-order valence-electron chi connectivity index (χ2n) is 3.88. The van der Waals surface area contributed by atoms with Crippen molar-refractivity contribution in [2.24, 2.45) is 0 Å². The highest BCUT2D eigenvalue weighted by Crippen LogP contribution is 2.35. The van der Waals surface area contributed by atoms with E-state index in [1.54, 1.807) is 0 Å². The van der Waals surface area contributed by atoms with Crippen LogP contribution in [0.3, 0.4) is 0 Å². The lowest BCUT2D eigenvalue weighted by molar-refractivity contribution is 0.585. The summed E-state index contributed by atoms with van der Waals surface area (Å²) in [6.45, 7) is 3.90. The first kappa shape index (κ1) is 11.2. The number of rotatable bonds is 1. The number of halogens is 2. The fourth-order valence-electron chi connectivity index (χ4n) is 1.80. The first-order valence-corrected chi connectivity index (χ1v) is 5.65. The third-order valence-electron chi connectivity index (χ3n) is 2.43. The van der Waals surface area contributed by atoms with E-state index in [1.807, 2.05) is 19.9 Å². The second-order valence-corrected chi connectivity index (χ2v) is 4.73. The largest absolute Gasteiger partial charge is 0.444 e. The molecule has 0 spiro atoms. The SMILES string of the molecule is CC(C)c1c(C#N)oc2c(Br)cc(F)cc12. The van der Waals surface area contributed by atoms with Crippen molar-refractivity contribution in [2.45, 2.75) is 19.8 Å². The van der Waals surface area contributed by atoms with Crippen molar-refractivity contribution in [2.75, 3.05) is 0 Å². The first-order valence-electron chi connectivity index (χ1n) is 4.86. The number of hydrogen-bond acceptors (Lipinski definition) is 2. The highest BCUT2D eigenvalue weighted by molar-refractivity contribution is 9.10. The van der Waals surface area contributed by atoms with Gasteiger partial charge in [0.05, 0.1) is 4.47 Å². The summed E-state index contributed by atoms with van der Waals surface area (Å²) in [5.41, 5.74) is 1.29. The predicted molar refractivity (Wildman–Crippen MR) is 62.7 cm³/mol. The molecule has 2 rings (SSSR count). The van der Waals surface area contributed by atoms with Crippen LogP contribution in [0.1, 0.15) is 31.1 Å². The number of furan rings is 1. The quantitative estimate of drug-likeness (QED) is 0.780. The van der Waals surface area contributed by atoms with Gasteiger partial charge in [-0.2, -0.15) is 5.26 Å². The molecule has 2 nitrogen and oxygen atoms in total. The van der Waals surface area contributed by atoms with Crippen LogP contribution < -0.4 is 0 Å². The Bertz CT molecular complexity index is 595. The van der Waals surface area contributed by atoms with Crippen LogP contribution in [0.5, 0.6) is 0 Å². The minimum atomic E-state index is -0.341. The van der Waals surface area contributed by atoms with E-state index < -0.39 is 0 Å². The topological polar surface area (TPSA) is 36.9 Å². The van der Waals surface area contributed by atoms with E-state index in [1.165, 1.54) is 12.1 Å². The molecule has 0 saturated heterocycles. The number of fused-ring (bicyclic) bond motifs is 1. The van der Waals surface area contributed by atoms with Gasteiger partial charge in [-0.1, -0.05) is 13.8 Å². The lowest BCUT2D eigenvalue weighted by Crippen LogP contribution is -1.88. The van der Waals surface area contributed by atoms with Crippen LogP contribution in [0.2, 0.25) is 0 Å². The second kappa shape index (κ2) is 3.91. The van der Waals surface area contributed by atoms with Gasteiger partial charge in [-0.25, -0.2) is 4.39 Å². The third-order valence-corrected chi connectivity index (χ3v) is 3.02. The predicted octanol–water partition coefficient (Wildman–Crippen LogP) is 4.33. The Labute approximate surface area is 101 Å². The van der Waals surface area contributed by atoms with Crippen LogP contribution in [-0.2, 0) is 0 Å². The summed E-state index contributed by atoms with van der Waals surface area (Å²) in [5.74, 6) is 0.0347. The van der Waals surface area contributed by atoms with E-state index in [9.17, 15) is 4.39 Å². The van der Waals surface area contributed by atoms with Gasteiger partial charge in [0, 0.05) is 10.9 Å². The lowest BCUT2D eigenvalue weighted by Gasteiger charge is -2.02. The molecule has 0 fully saturated rings. The summed E-state index contributed by atoms with van der Waals surface area (Å²) in [4.78, 5) is 0. The van der Waals surface area contributed by atoms with E-state index in [4.69, 9.17) is 9.68 Å². The molecule has 0 N–H and O–H groups in total. The van der Waals surface area contributed by atoms with Gasteiger partial charge >= 0.3 is 0 Å². The van der Waals surface area contributed by atoms with Gasteiger partial charge in [-0.15, -0.1) is 0 Å². The molecule has 1 aromatic carbocycles. The molecule has 0 amide bonds. The molecule has 0 bridgehead atoms. The van der Waals surface area contributed by atoms with Crippen LogP contribution in [0.25, 0.3) is 11.0 Å². The molecule has 0 aliphatic rings. The average Bonchev–Trinajstić information content (AvgIpc) is 2.56. The van der Waals surface area contributed by atoms with Crippen LogP contribution in [0, 0.1) is 17.1 Å². The smallest absolute Gasteiger partial charge is 0.208 e. The molecule has 0 aliphatic heterocycles. The van der Waals surface area contributed by atoms with Gasteiger partial charge in [0.2, 0.25) is 5.76 Å². The van der Waals surface area contributed by atoms with Crippen molar-refractivity contribution < 1.29 is 8.81 Å². The Morgan fingerprint density at radius 2 is 2.12 bits per heavy atom. The molecule has 82 valence electrons. The van der Waals surface area contributed by atoms with Crippen molar-refractivity contribution in [3.8, 4) is 6.07 Å². The van der Waals surface area contributed by atoms with Crippen LogP contribution >= 0.6 is 15.9 Å². The van der Waals surface area contributed by atoms with Crippen molar-refractivity contribution in [3.05, 3.63) is 33.7 Å². The molecule has 1 heterocycles. The number of nitriles is 1. The lowest BCUT2D eigenvalue weighted by atomic mass is 10.00. The molecule has 16 heavy (non-hydrogen) atoms. The average molecular weight is 282 g/mol. The standard InChI is InChI=1S/C12H9BrFNO/c1-6(2)11-8-3-7(14)4-9(13)12(8)16-10(11)5-15/h3-4,6H,1-2H3. The zero-order valence-corrected chi connectivity index (χ0v) is 10.4. The van der Waals surface area contributed by atoms with Gasteiger partial charge in [-0.05, 0) is 34.0 Å². The third kappa shape index (κ3) is 1.61. The number of nitrogens with zero attached hydrogens (tertiary/aromatic N) is 1. The van der Waals surface area contributed by atoms with Gasteiger partial charge < -0.3 is 4.42 Å². The monoisotopic (exact) mass is 281 g/mol. The Morgan fingerprint density at radius 1 is 1.44 bits per heavy atom. The molecule has 0 aliphatic carbocycles. The summed E-state index contributed by atoms with van der Waals surface area (Å²) >= 11 is 3.23. The molecular weight excluding hydrogens is 273 g/mol. The minimum Gasteiger partial charge on any atom is -0.444 e. The molecule has 4 heteroatoms. The zero-order valence-electron chi connectivity index (χ0n) is 8.84. The zero-order chi connectivity index (χ0) is 11.9. The van der Waals surface area contributed by atoms with Gasteiger partial charge in [0.25, 0.3) is 0 Å². The maximum Gasteiger partial charge on any atom is 0.208 e. The highest BCUT2D eigenvalue weighted by atomic mass is 79.9. The maximum absolute atomic E-state index is 13.3. The summed E-state index contributed by atoms with van der Waals surface area (Å²) in [7, 11) is 0. The van der Waals surface area contributed by atoms with Crippen molar-refractivity contribution >= 4 is 26.9 Å². The van der Waals surface area contributed by atoms with Crippen LogP contribution in [0.15, 0.2) is 21.0 Å². The normalized spacial score (nSPS) is 11.0. The summed E-state index contributed by atoms with van der Waals surface area (Å²) in [6.07, 6.45) is 0. The fourth-order valence-corrected chi connectivity index (χ4v) is 2.31. The molecule has 0 unspecified atom stereocenters. The molecule has 1 aromatic heterocycles. The molecule has 0 saturated carbocycles. The van der Waals surface area contributed by atoms with Crippen molar-refractivity contribution in [3.63, 3.8) is 0 Å². The Kier molecular flexibility index (Phi) is 2.73. The molecular formula is C12H9BrFNO. The van der Waals surface area contributed by atoms with E-state index in [-0.39, 0.29) is 17.5 Å². The van der Waals surface area contributed by atoms with Gasteiger partial charge in [0.1, 0.15) is 11.9 Å². The molecule has 0 radical (unpaired) electrons. The Morgan fingerprint density at radius 3 is 2.69 bits per heavy atom. The first-order chi connectivity index (χ1) is 7.54. The van der Waals surface area contributed by atoms with Crippen LogP contribution in [0.4, 0.5) is 4.39 Å². The summed E-state index contributed by atoms with van der Waals surface area (Å²) in [6, 6.07) is 4.74. The number of hydrogen-bond donors (Lipinski definition) is 0. The highest BCUT2D eigenvalue weighted by Gasteiger charge is 2.19. The summed E-state index contributed by atoms with van der Waals surface area (Å²) in [5, 5.41) is 9.64. The van der Waals surface area contributed by atoms with E-state index >= 15 is 0 Å². The fraction of sp³-hybridized carbons (Fsp3) is 0.250. The minimum absolute atomic E-state index is 0.115. The summed E-state index contributed by atoms with van der Waals surface area (Å²) < 4.78 is 19.3. The van der Waals surface area contributed by atoms with Gasteiger partial charge in [0.15, 0.2) is 5.58 Å². The van der Waals surface area contributed by atoms with Crippen LogP contribution in [-0.4, -0.2) is 0 Å². The Balaban J connectivity index is 2.91. The van der Waals surface area contributed by atoms with Crippen molar-refractivity contribution in [1.29, 1.82) is 5.26 Å². The number of benzene rings is 1. The van der Waals surface area contributed by atoms with E-state index in [2.05, 4.69) is 15.9 Å². The Hall–Kier alpha value is -1.34. The molecule has 0 atom stereocenters.